The summed E-state index contributed by atoms with van der Waals surface area (Å²) in [5, 5.41) is 19.1. The van der Waals surface area contributed by atoms with Crippen molar-refractivity contribution in [2.24, 2.45) is 0 Å². The number of hydrogen-bond acceptors (Lipinski definition) is 3. The van der Waals surface area contributed by atoms with Crippen LogP contribution >= 0.6 is 0 Å². The molecule has 0 saturated carbocycles. The van der Waals surface area contributed by atoms with Gasteiger partial charge in [0, 0.05) is 12.1 Å². The molecule has 0 radical (unpaired) electrons. The zero-order valence-electron chi connectivity index (χ0n) is 13.7. The lowest BCUT2D eigenvalue weighted by Gasteiger charge is -2.37. The number of benzene rings is 2. The number of carboxylic acid groups (broad SMARTS) is 1. The Labute approximate surface area is 142 Å². The van der Waals surface area contributed by atoms with Crippen LogP contribution in [0.4, 0.5) is 0 Å². The smallest absolute Gasteiger partial charge is 0.335 e. The molecule has 1 unspecified atom stereocenters. The average Bonchev–Trinajstić information content (AvgIpc) is 2.99. The van der Waals surface area contributed by atoms with Crippen molar-refractivity contribution in [3.05, 3.63) is 71.3 Å². The first-order valence-electron chi connectivity index (χ1n) is 8.35. The highest BCUT2D eigenvalue weighted by Gasteiger charge is 2.40. The number of hydrogen-bond donors (Lipinski definition) is 2. The molecule has 0 amide bonds. The van der Waals surface area contributed by atoms with Crippen molar-refractivity contribution < 1.29 is 15.0 Å². The number of aliphatic hydroxyl groups excluding tert-OH is 1. The van der Waals surface area contributed by atoms with Gasteiger partial charge in [0.1, 0.15) is 0 Å². The maximum Gasteiger partial charge on any atom is 0.335 e. The van der Waals surface area contributed by atoms with E-state index in [9.17, 15) is 9.90 Å². The van der Waals surface area contributed by atoms with Crippen molar-refractivity contribution in [1.29, 1.82) is 0 Å². The number of carbonyl (C=O) groups is 1. The molecule has 2 aromatic carbocycles. The molecule has 1 heterocycles. The van der Waals surface area contributed by atoms with Gasteiger partial charge in [0.2, 0.25) is 0 Å². The van der Waals surface area contributed by atoms with Gasteiger partial charge >= 0.3 is 5.97 Å². The minimum Gasteiger partial charge on any atom is -0.478 e. The van der Waals surface area contributed by atoms with E-state index >= 15 is 0 Å². The quantitative estimate of drug-likeness (QED) is 0.857. The zero-order chi connectivity index (χ0) is 17.0. The topological polar surface area (TPSA) is 60.8 Å². The molecule has 1 fully saturated rings. The highest BCUT2D eigenvalue weighted by molar-refractivity contribution is 5.87. The first-order valence-corrected chi connectivity index (χ1v) is 8.35. The van der Waals surface area contributed by atoms with E-state index in [4.69, 9.17) is 5.11 Å². The molecule has 2 aromatic rings. The highest BCUT2D eigenvalue weighted by atomic mass is 16.4. The Morgan fingerprint density at radius 1 is 1.04 bits per heavy atom. The predicted octanol–water partition coefficient (Wildman–Crippen LogP) is 2.95. The van der Waals surface area contributed by atoms with Crippen LogP contribution in [-0.2, 0) is 13.0 Å². The lowest BCUT2D eigenvalue weighted by Crippen LogP contribution is -2.48. The predicted molar refractivity (Wildman–Crippen MR) is 93.0 cm³/mol. The number of aromatic carboxylic acids is 1. The zero-order valence-corrected chi connectivity index (χ0v) is 13.7. The number of aliphatic hydroxyl groups is 1. The number of nitrogens with zero attached hydrogens (tertiary/aromatic N) is 1. The largest absolute Gasteiger partial charge is 0.478 e. The molecule has 4 heteroatoms. The molecule has 0 aliphatic carbocycles. The molecule has 0 bridgehead atoms. The summed E-state index contributed by atoms with van der Waals surface area (Å²) in [6.07, 6.45) is 2.88. The fourth-order valence-corrected chi connectivity index (χ4v) is 3.63. The van der Waals surface area contributed by atoms with E-state index in [1.807, 2.05) is 30.3 Å². The molecular formula is C20H23NO3. The Kier molecular flexibility index (Phi) is 4.97. The first kappa shape index (κ1) is 16.7. The molecule has 3 rings (SSSR count). The SMILES string of the molecule is O=C(O)c1ccc(CN2CCCC2(CO)Cc2ccccc2)cc1. The summed E-state index contributed by atoms with van der Waals surface area (Å²) < 4.78 is 0. The van der Waals surface area contributed by atoms with Crippen LogP contribution in [0.5, 0.6) is 0 Å². The molecule has 0 spiro atoms. The summed E-state index contributed by atoms with van der Waals surface area (Å²) in [6.45, 7) is 1.82. The molecule has 2 N–H and O–H groups in total. The molecule has 0 aromatic heterocycles. The van der Waals surface area contributed by atoms with Crippen molar-refractivity contribution in [3.8, 4) is 0 Å². The summed E-state index contributed by atoms with van der Waals surface area (Å²) >= 11 is 0. The Balaban J connectivity index is 1.76. The van der Waals surface area contributed by atoms with E-state index in [1.54, 1.807) is 12.1 Å². The third-order valence-electron chi connectivity index (χ3n) is 4.99. The van der Waals surface area contributed by atoms with Crippen LogP contribution in [0.15, 0.2) is 54.6 Å². The summed E-state index contributed by atoms with van der Waals surface area (Å²) in [6, 6.07) is 17.3. The van der Waals surface area contributed by atoms with Crippen LogP contribution in [0.1, 0.15) is 34.3 Å². The standard InChI is InChI=1S/C20H23NO3/c22-15-20(13-16-5-2-1-3-6-16)11-4-12-21(20)14-17-7-9-18(10-8-17)19(23)24/h1-3,5-10,22H,4,11-15H2,(H,23,24). The monoisotopic (exact) mass is 325 g/mol. The Morgan fingerprint density at radius 2 is 1.75 bits per heavy atom. The summed E-state index contributed by atoms with van der Waals surface area (Å²) in [5.41, 5.74) is 2.39. The second kappa shape index (κ2) is 7.16. The molecule has 1 aliphatic rings. The molecule has 24 heavy (non-hydrogen) atoms. The highest BCUT2D eigenvalue weighted by Crippen LogP contribution is 2.33. The lowest BCUT2D eigenvalue weighted by atomic mass is 9.88. The maximum absolute atomic E-state index is 11.0. The second-order valence-corrected chi connectivity index (χ2v) is 6.57. The van der Waals surface area contributed by atoms with Crippen molar-refractivity contribution in [2.75, 3.05) is 13.2 Å². The van der Waals surface area contributed by atoms with Crippen LogP contribution in [0.25, 0.3) is 0 Å². The fourth-order valence-electron chi connectivity index (χ4n) is 3.63. The molecular weight excluding hydrogens is 302 g/mol. The second-order valence-electron chi connectivity index (χ2n) is 6.57. The number of rotatable bonds is 6. The van der Waals surface area contributed by atoms with Crippen LogP contribution in [0, 0.1) is 0 Å². The van der Waals surface area contributed by atoms with Gasteiger partial charge in [0.15, 0.2) is 0 Å². The van der Waals surface area contributed by atoms with Gasteiger partial charge in [0.05, 0.1) is 12.2 Å². The Bertz CT molecular complexity index is 684. The van der Waals surface area contributed by atoms with Crippen molar-refractivity contribution in [2.45, 2.75) is 31.3 Å². The van der Waals surface area contributed by atoms with Crippen LogP contribution in [-0.4, -0.2) is 39.8 Å². The minimum atomic E-state index is -0.906. The molecule has 4 nitrogen and oxygen atoms in total. The van der Waals surface area contributed by atoms with E-state index in [1.165, 1.54) is 5.56 Å². The summed E-state index contributed by atoms with van der Waals surface area (Å²) in [7, 11) is 0. The molecule has 1 aliphatic heterocycles. The number of likely N-dealkylation sites (tertiary alicyclic amines) is 1. The number of carboxylic acids is 1. The van der Waals surface area contributed by atoms with Gasteiger partial charge < -0.3 is 10.2 Å². The van der Waals surface area contributed by atoms with Gasteiger partial charge in [-0.3, -0.25) is 4.90 Å². The Morgan fingerprint density at radius 3 is 2.38 bits per heavy atom. The van der Waals surface area contributed by atoms with Crippen molar-refractivity contribution in [1.82, 2.24) is 4.90 Å². The van der Waals surface area contributed by atoms with Crippen LogP contribution in [0.3, 0.4) is 0 Å². The Hall–Kier alpha value is -2.17. The van der Waals surface area contributed by atoms with Crippen LogP contribution in [0.2, 0.25) is 0 Å². The third kappa shape index (κ3) is 3.50. The van der Waals surface area contributed by atoms with E-state index in [0.717, 1.165) is 37.9 Å². The lowest BCUT2D eigenvalue weighted by molar-refractivity contribution is 0.0582. The summed E-state index contributed by atoms with van der Waals surface area (Å²) in [4.78, 5) is 13.3. The first-order chi connectivity index (χ1) is 11.6. The summed E-state index contributed by atoms with van der Waals surface area (Å²) in [5.74, 6) is -0.906. The van der Waals surface area contributed by atoms with Gasteiger partial charge in [-0.15, -0.1) is 0 Å². The molecule has 1 atom stereocenters. The molecule has 1 saturated heterocycles. The third-order valence-corrected chi connectivity index (χ3v) is 4.99. The van der Waals surface area contributed by atoms with Crippen LogP contribution < -0.4 is 0 Å². The minimum absolute atomic E-state index is 0.134. The normalized spacial score (nSPS) is 21.0. The van der Waals surface area contributed by atoms with Gasteiger partial charge in [-0.25, -0.2) is 4.79 Å². The maximum atomic E-state index is 11.0. The van der Waals surface area contributed by atoms with E-state index in [2.05, 4.69) is 17.0 Å². The van der Waals surface area contributed by atoms with Crippen molar-refractivity contribution in [3.63, 3.8) is 0 Å². The van der Waals surface area contributed by atoms with Gasteiger partial charge in [-0.2, -0.15) is 0 Å². The average molecular weight is 325 g/mol. The van der Waals surface area contributed by atoms with E-state index in [-0.39, 0.29) is 12.1 Å². The fraction of sp³-hybridized carbons (Fsp3) is 0.350. The molecule has 126 valence electrons. The van der Waals surface area contributed by atoms with Gasteiger partial charge in [-0.1, -0.05) is 42.5 Å². The van der Waals surface area contributed by atoms with Gasteiger partial charge in [0.25, 0.3) is 0 Å². The van der Waals surface area contributed by atoms with Gasteiger partial charge in [-0.05, 0) is 49.1 Å². The van der Waals surface area contributed by atoms with Crippen molar-refractivity contribution >= 4 is 5.97 Å². The van der Waals surface area contributed by atoms with E-state index < -0.39 is 5.97 Å². The van der Waals surface area contributed by atoms with E-state index in [0.29, 0.717) is 5.56 Å².